The molecule has 0 aromatic heterocycles. The van der Waals surface area contributed by atoms with Crippen molar-refractivity contribution >= 4 is 15.8 Å². The number of nitrogens with one attached hydrogen (secondary N) is 2. The number of ether oxygens (including phenoxy) is 1. The zero-order valence-electron chi connectivity index (χ0n) is 18.3. The lowest BCUT2D eigenvalue weighted by molar-refractivity contribution is 0.119. The molecule has 2 aliphatic rings. The summed E-state index contributed by atoms with van der Waals surface area (Å²) >= 11 is 0. The van der Waals surface area contributed by atoms with Crippen molar-refractivity contribution < 1.29 is 13.2 Å². The van der Waals surface area contributed by atoms with Crippen molar-refractivity contribution in [3.8, 4) is 5.75 Å². The number of guanidine groups is 1. The molecular formula is C22H36N4O3S. The first kappa shape index (κ1) is 22.9. The Morgan fingerprint density at radius 3 is 2.57 bits per heavy atom. The van der Waals surface area contributed by atoms with Crippen LogP contribution in [0.4, 0.5) is 0 Å². The number of hydrogen-bond acceptors (Lipinski definition) is 5. The van der Waals surface area contributed by atoms with Gasteiger partial charge < -0.3 is 20.3 Å². The lowest BCUT2D eigenvalue weighted by Gasteiger charge is -2.33. The van der Waals surface area contributed by atoms with Gasteiger partial charge in [0.25, 0.3) is 0 Å². The van der Waals surface area contributed by atoms with Crippen molar-refractivity contribution in [3.63, 3.8) is 0 Å². The molecule has 168 valence electrons. The molecule has 1 saturated heterocycles. The van der Waals surface area contributed by atoms with Gasteiger partial charge in [0, 0.05) is 44.0 Å². The summed E-state index contributed by atoms with van der Waals surface area (Å²) in [4.78, 5) is 7.03. The summed E-state index contributed by atoms with van der Waals surface area (Å²) in [5.74, 6) is 2.00. The molecule has 2 fully saturated rings. The van der Waals surface area contributed by atoms with Gasteiger partial charge in [0.1, 0.15) is 15.6 Å². The van der Waals surface area contributed by atoms with Gasteiger partial charge in [-0.1, -0.05) is 18.2 Å². The highest BCUT2D eigenvalue weighted by molar-refractivity contribution is 7.90. The van der Waals surface area contributed by atoms with Crippen LogP contribution in [-0.4, -0.2) is 69.6 Å². The molecule has 0 radical (unpaired) electrons. The number of rotatable bonds is 9. The van der Waals surface area contributed by atoms with Gasteiger partial charge in [-0.05, 0) is 45.1 Å². The molecule has 3 rings (SSSR count). The molecule has 0 spiro atoms. The molecule has 1 saturated carbocycles. The van der Waals surface area contributed by atoms with Crippen LogP contribution in [0.3, 0.4) is 0 Å². The second kappa shape index (κ2) is 11.0. The van der Waals surface area contributed by atoms with E-state index in [4.69, 9.17) is 9.73 Å². The first-order valence-corrected chi connectivity index (χ1v) is 13.2. The maximum Gasteiger partial charge on any atom is 0.191 e. The fourth-order valence-electron chi connectivity index (χ4n) is 3.69. The largest absolute Gasteiger partial charge is 0.490 e. The SMILES string of the molecule is CCNC(=NCc1ccccc1OC1CCC1)NC1CCN(CCS(C)(=O)=O)CC1. The number of sulfone groups is 1. The van der Waals surface area contributed by atoms with E-state index in [1.54, 1.807) is 0 Å². The fourth-order valence-corrected chi connectivity index (χ4v) is 4.28. The van der Waals surface area contributed by atoms with Crippen molar-refractivity contribution in [2.24, 2.45) is 4.99 Å². The standard InChI is InChI=1S/C22H36N4O3S/c1-3-23-22(25-19-11-13-26(14-12-19)15-16-30(2,27)28)24-17-18-7-4-5-10-21(18)29-20-8-6-9-20/h4-5,7,10,19-20H,3,6,8-9,11-17H2,1-2H3,(H2,23,24,25). The molecule has 0 bridgehead atoms. The Balaban J connectivity index is 1.52. The highest BCUT2D eigenvalue weighted by Gasteiger charge is 2.22. The fraction of sp³-hybridized carbons (Fsp3) is 0.682. The molecule has 1 aliphatic carbocycles. The van der Waals surface area contributed by atoms with Crippen molar-refractivity contribution in [3.05, 3.63) is 29.8 Å². The average Bonchev–Trinajstić information content (AvgIpc) is 2.68. The second-order valence-electron chi connectivity index (χ2n) is 8.36. The quantitative estimate of drug-likeness (QED) is 0.456. The summed E-state index contributed by atoms with van der Waals surface area (Å²) in [6.45, 7) is 5.89. The Bertz CT molecular complexity index is 800. The zero-order chi connectivity index (χ0) is 21.4. The summed E-state index contributed by atoms with van der Waals surface area (Å²) in [5, 5.41) is 6.90. The van der Waals surface area contributed by atoms with Gasteiger partial charge in [-0.3, -0.25) is 0 Å². The van der Waals surface area contributed by atoms with Crippen LogP contribution in [-0.2, 0) is 16.4 Å². The predicted molar refractivity (Wildman–Crippen MR) is 122 cm³/mol. The number of benzene rings is 1. The zero-order valence-corrected chi connectivity index (χ0v) is 19.1. The first-order valence-electron chi connectivity index (χ1n) is 11.1. The van der Waals surface area contributed by atoms with E-state index < -0.39 is 9.84 Å². The summed E-state index contributed by atoms with van der Waals surface area (Å²) in [6.07, 6.45) is 7.16. The molecule has 0 amide bonds. The first-order chi connectivity index (χ1) is 14.4. The third-order valence-electron chi connectivity index (χ3n) is 5.78. The smallest absolute Gasteiger partial charge is 0.191 e. The predicted octanol–water partition coefficient (Wildman–Crippen LogP) is 2.18. The molecule has 1 heterocycles. The van der Waals surface area contributed by atoms with Gasteiger partial charge in [0.05, 0.1) is 18.4 Å². The van der Waals surface area contributed by atoms with Crippen LogP contribution in [0.5, 0.6) is 5.75 Å². The van der Waals surface area contributed by atoms with E-state index in [2.05, 4.69) is 28.5 Å². The molecule has 0 atom stereocenters. The van der Waals surface area contributed by atoms with E-state index in [0.717, 1.165) is 62.6 Å². The normalized spacial score (nSPS) is 19.3. The van der Waals surface area contributed by atoms with Crippen molar-refractivity contribution in [1.82, 2.24) is 15.5 Å². The molecule has 1 aromatic carbocycles. The minimum atomic E-state index is -2.90. The van der Waals surface area contributed by atoms with E-state index in [1.165, 1.54) is 12.7 Å². The van der Waals surface area contributed by atoms with Crippen LogP contribution in [0.2, 0.25) is 0 Å². The summed E-state index contributed by atoms with van der Waals surface area (Å²) < 4.78 is 28.9. The molecule has 1 aliphatic heterocycles. The molecule has 1 aromatic rings. The maximum atomic E-state index is 11.4. The van der Waals surface area contributed by atoms with Crippen molar-refractivity contribution in [2.45, 2.75) is 57.7 Å². The number of nitrogens with zero attached hydrogens (tertiary/aromatic N) is 2. The Morgan fingerprint density at radius 2 is 1.93 bits per heavy atom. The van der Waals surface area contributed by atoms with Crippen LogP contribution in [0, 0.1) is 0 Å². The van der Waals surface area contributed by atoms with Gasteiger partial charge in [-0.25, -0.2) is 13.4 Å². The van der Waals surface area contributed by atoms with E-state index in [-0.39, 0.29) is 5.75 Å². The topological polar surface area (TPSA) is 83.0 Å². The van der Waals surface area contributed by atoms with E-state index in [9.17, 15) is 8.42 Å². The third-order valence-corrected chi connectivity index (χ3v) is 6.70. The van der Waals surface area contributed by atoms with Crippen molar-refractivity contribution in [1.29, 1.82) is 0 Å². The Kier molecular flexibility index (Phi) is 8.39. The van der Waals surface area contributed by atoms with Gasteiger partial charge in [0.15, 0.2) is 5.96 Å². The number of piperidine rings is 1. The van der Waals surface area contributed by atoms with Crippen LogP contribution in [0.1, 0.15) is 44.6 Å². The lowest BCUT2D eigenvalue weighted by atomic mass is 9.96. The van der Waals surface area contributed by atoms with Crippen molar-refractivity contribution in [2.75, 3.05) is 38.2 Å². The minimum absolute atomic E-state index is 0.234. The summed E-state index contributed by atoms with van der Waals surface area (Å²) in [7, 11) is -2.90. The highest BCUT2D eigenvalue weighted by Crippen LogP contribution is 2.27. The van der Waals surface area contributed by atoms with E-state index in [0.29, 0.717) is 25.2 Å². The number of para-hydroxylation sites is 1. The maximum absolute atomic E-state index is 11.4. The lowest BCUT2D eigenvalue weighted by Crippen LogP contribution is -2.49. The molecule has 30 heavy (non-hydrogen) atoms. The van der Waals surface area contributed by atoms with E-state index in [1.807, 2.05) is 18.2 Å². The molecular weight excluding hydrogens is 400 g/mol. The van der Waals surface area contributed by atoms with Gasteiger partial charge in [0.2, 0.25) is 0 Å². The Morgan fingerprint density at radius 1 is 1.20 bits per heavy atom. The van der Waals surface area contributed by atoms with Crippen LogP contribution in [0.25, 0.3) is 0 Å². The minimum Gasteiger partial charge on any atom is -0.490 e. The molecule has 2 N–H and O–H groups in total. The number of aliphatic imine (C=N–C) groups is 1. The van der Waals surface area contributed by atoms with Crippen LogP contribution in [0.15, 0.2) is 29.3 Å². The van der Waals surface area contributed by atoms with Gasteiger partial charge >= 0.3 is 0 Å². The van der Waals surface area contributed by atoms with Gasteiger partial charge in [-0.2, -0.15) is 0 Å². The third kappa shape index (κ3) is 7.47. The Hall–Kier alpha value is -1.80. The van der Waals surface area contributed by atoms with Gasteiger partial charge in [-0.15, -0.1) is 0 Å². The molecule has 7 nitrogen and oxygen atoms in total. The van der Waals surface area contributed by atoms with E-state index >= 15 is 0 Å². The van der Waals surface area contributed by atoms with Crippen LogP contribution >= 0.6 is 0 Å². The monoisotopic (exact) mass is 436 g/mol. The summed E-state index contributed by atoms with van der Waals surface area (Å²) in [5.41, 5.74) is 1.11. The number of likely N-dealkylation sites (tertiary alicyclic amines) is 1. The second-order valence-corrected chi connectivity index (χ2v) is 10.6. The molecule has 0 unspecified atom stereocenters. The Labute approximate surface area is 181 Å². The summed E-state index contributed by atoms with van der Waals surface area (Å²) in [6, 6.07) is 8.52. The molecule has 8 heteroatoms. The number of hydrogen-bond donors (Lipinski definition) is 2. The van der Waals surface area contributed by atoms with Crippen LogP contribution < -0.4 is 15.4 Å². The average molecular weight is 437 g/mol. The highest BCUT2D eigenvalue weighted by atomic mass is 32.2.